The molecule has 0 radical (unpaired) electrons. The normalized spacial score (nSPS) is 13.6. The van der Waals surface area contributed by atoms with E-state index in [-0.39, 0.29) is 0 Å². The maximum Gasteiger partial charge on any atom is 0.217 e. The van der Waals surface area contributed by atoms with E-state index in [1.807, 2.05) is 42.5 Å². The number of methoxy groups -OCH3 is 2. The van der Waals surface area contributed by atoms with E-state index in [4.69, 9.17) is 18.9 Å². The van der Waals surface area contributed by atoms with Crippen molar-refractivity contribution in [1.82, 2.24) is 4.98 Å². The van der Waals surface area contributed by atoms with Gasteiger partial charge in [-0.3, -0.25) is 5.43 Å². The Morgan fingerprint density at radius 2 is 1.86 bits per heavy atom. The quantitative estimate of drug-likeness (QED) is 0.345. The molecule has 1 saturated heterocycles. The van der Waals surface area contributed by atoms with Crippen LogP contribution in [0.1, 0.15) is 16.7 Å². The molecule has 1 aliphatic heterocycles. The van der Waals surface area contributed by atoms with Crippen LogP contribution in [0.4, 0.5) is 11.5 Å². The molecule has 184 valence electrons. The number of ether oxygens (including phenoxy) is 4. The number of morpholine rings is 1. The molecule has 0 spiro atoms. The van der Waals surface area contributed by atoms with Gasteiger partial charge in [0.25, 0.3) is 0 Å². The van der Waals surface area contributed by atoms with Gasteiger partial charge in [0.1, 0.15) is 0 Å². The predicted octanol–water partition coefficient (Wildman–Crippen LogP) is 4.31. The van der Waals surface area contributed by atoms with Crippen molar-refractivity contribution in [3.05, 3.63) is 71.3 Å². The van der Waals surface area contributed by atoms with Crippen molar-refractivity contribution in [2.24, 2.45) is 5.10 Å². The fourth-order valence-corrected chi connectivity index (χ4v) is 3.86. The van der Waals surface area contributed by atoms with Crippen LogP contribution in [-0.4, -0.2) is 58.3 Å². The van der Waals surface area contributed by atoms with E-state index >= 15 is 0 Å². The Balaban J connectivity index is 1.46. The molecule has 1 aromatic heterocycles. The molecule has 3 aromatic rings. The first-order chi connectivity index (χ1) is 17.1. The number of benzene rings is 2. The number of hydrogen-bond acceptors (Lipinski definition) is 8. The second kappa shape index (κ2) is 12.1. The van der Waals surface area contributed by atoms with Crippen LogP contribution in [0.15, 0.2) is 59.7 Å². The van der Waals surface area contributed by atoms with Crippen molar-refractivity contribution >= 4 is 17.7 Å². The largest absolute Gasteiger partial charge is 0.493 e. The summed E-state index contributed by atoms with van der Waals surface area (Å²) in [5.74, 6) is 2.58. The topological polar surface area (TPSA) is 77.4 Å². The lowest BCUT2D eigenvalue weighted by Gasteiger charge is -2.29. The number of pyridine rings is 1. The molecule has 0 atom stereocenters. The molecule has 0 unspecified atom stereocenters. The van der Waals surface area contributed by atoms with Crippen molar-refractivity contribution in [3.63, 3.8) is 0 Å². The first-order valence-corrected chi connectivity index (χ1v) is 11.7. The maximum atomic E-state index is 6.06. The van der Waals surface area contributed by atoms with Crippen molar-refractivity contribution in [2.45, 2.75) is 13.3 Å². The molecule has 1 N–H and O–H groups in total. The number of anilines is 2. The Labute approximate surface area is 206 Å². The van der Waals surface area contributed by atoms with Crippen LogP contribution in [-0.2, 0) is 11.2 Å². The first-order valence-electron chi connectivity index (χ1n) is 11.7. The van der Waals surface area contributed by atoms with Crippen molar-refractivity contribution in [2.75, 3.05) is 57.5 Å². The predicted molar refractivity (Wildman–Crippen MR) is 138 cm³/mol. The highest BCUT2D eigenvalue weighted by atomic mass is 16.5. The molecule has 1 fully saturated rings. The molecule has 4 rings (SSSR count). The Morgan fingerprint density at radius 3 is 2.63 bits per heavy atom. The average molecular weight is 477 g/mol. The van der Waals surface area contributed by atoms with Gasteiger partial charge in [-0.05, 0) is 30.2 Å². The van der Waals surface area contributed by atoms with E-state index in [1.54, 1.807) is 20.4 Å². The highest BCUT2D eigenvalue weighted by Gasteiger charge is 2.14. The van der Waals surface area contributed by atoms with Gasteiger partial charge in [0.2, 0.25) is 5.88 Å². The number of aryl methyl sites for hydroxylation is 1. The minimum atomic E-state index is 0.473. The van der Waals surface area contributed by atoms with E-state index in [0.717, 1.165) is 29.9 Å². The lowest BCUT2D eigenvalue weighted by Crippen LogP contribution is -2.36. The van der Waals surface area contributed by atoms with Gasteiger partial charge < -0.3 is 23.8 Å². The van der Waals surface area contributed by atoms with E-state index in [2.05, 4.69) is 39.5 Å². The average Bonchev–Trinajstić information content (AvgIpc) is 2.89. The molecule has 2 aromatic carbocycles. The number of rotatable bonds is 10. The van der Waals surface area contributed by atoms with E-state index in [9.17, 15) is 0 Å². The first kappa shape index (κ1) is 24.3. The van der Waals surface area contributed by atoms with Crippen molar-refractivity contribution in [1.29, 1.82) is 0 Å². The summed E-state index contributed by atoms with van der Waals surface area (Å²) in [5.41, 5.74) is 7.38. The molecule has 0 aliphatic carbocycles. The summed E-state index contributed by atoms with van der Waals surface area (Å²) in [6.07, 6.45) is 2.49. The molecule has 8 nitrogen and oxygen atoms in total. The summed E-state index contributed by atoms with van der Waals surface area (Å²) in [5, 5.41) is 4.38. The standard InChI is InChI=1S/C27H32N4O4/c1-20-5-4-6-22(15-20)19-28-30-26-17-23(31-10-13-34-14-11-31)18-27(29-26)35-12-9-21-7-8-24(32-2)25(16-21)33-3/h4-8,15-19H,9-14H2,1-3H3,(H,29,30). The summed E-state index contributed by atoms with van der Waals surface area (Å²) in [6.45, 7) is 5.57. The van der Waals surface area contributed by atoms with Crippen LogP contribution in [0.3, 0.4) is 0 Å². The zero-order chi connectivity index (χ0) is 24.5. The smallest absolute Gasteiger partial charge is 0.217 e. The Morgan fingerprint density at radius 1 is 1.03 bits per heavy atom. The molecular formula is C27H32N4O4. The van der Waals surface area contributed by atoms with Gasteiger partial charge in [-0.2, -0.15) is 10.1 Å². The Hall–Kier alpha value is -3.78. The second-order valence-electron chi connectivity index (χ2n) is 8.22. The van der Waals surface area contributed by atoms with E-state index in [1.165, 1.54) is 5.56 Å². The summed E-state index contributed by atoms with van der Waals surface area (Å²) < 4.78 is 22.3. The highest BCUT2D eigenvalue weighted by Crippen LogP contribution is 2.28. The SMILES string of the molecule is COc1ccc(CCOc2cc(N3CCOCC3)cc(NN=Cc3cccc(C)c3)n2)cc1OC. The van der Waals surface area contributed by atoms with Crippen LogP contribution in [0.25, 0.3) is 0 Å². The third kappa shape index (κ3) is 6.86. The highest BCUT2D eigenvalue weighted by molar-refractivity contribution is 5.80. The number of nitrogens with zero attached hydrogens (tertiary/aromatic N) is 3. The Bertz CT molecular complexity index is 1150. The fourth-order valence-electron chi connectivity index (χ4n) is 3.86. The van der Waals surface area contributed by atoms with E-state index in [0.29, 0.717) is 49.4 Å². The molecule has 35 heavy (non-hydrogen) atoms. The number of nitrogens with one attached hydrogen (secondary N) is 1. The van der Waals surface area contributed by atoms with E-state index < -0.39 is 0 Å². The van der Waals surface area contributed by atoms with Gasteiger partial charge in [0, 0.05) is 37.3 Å². The third-order valence-corrected chi connectivity index (χ3v) is 5.69. The summed E-state index contributed by atoms with van der Waals surface area (Å²) in [6, 6.07) is 18.0. The number of hydrazone groups is 1. The third-order valence-electron chi connectivity index (χ3n) is 5.69. The zero-order valence-corrected chi connectivity index (χ0v) is 20.5. The summed E-state index contributed by atoms with van der Waals surface area (Å²) in [7, 11) is 3.26. The van der Waals surface area contributed by atoms with Crippen LogP contribution in [0.2, 0.25) is 0 Å². The summed E-state index contributed by atoms with van der Waals surface area (Å²) in [4.78, 5) is 6.89. The van der Waals surface area contributed by atoms with Gasteiger partial charge >= 0.3 is 0 Å². The molecule has 0 amide bonds. The Kier molecular flexibility index (Phi) is 8.40. The minimum absolute atomic E-state index is 0.473. The van der Waals surface area contributed by atoms with Gasteiger partial charge in [-0.25, -0.2) is 0 Å². The maximum absolute atomic E-state index is 6.06. The molecule has 2 heterocycles. The fraction of sp³-hybridized carbons (Fsp3) is 0.333. The molecule has 1 aliphatic rings. The van der Waals surface area contributed by atoms with Crippen molar-refractivity contribution in [3.8, 4) is 17.4 Å². The van der Waals surface area contributed by atoms with Crippen molar-refractivity contribution < 1.29 is 18.9 Å². The van der Waals surface area contributed by atoms with Crippen LogP contribution in [0.5, 0.6) is 17.4 Å². The number of aromatic nitrogens is 1. The molecule has 8 heteroatoms. The van der Waals surface area contributed by atoms with Crippen LogP contribution in [0, 0.1) is 6.92 Å². The number of hydrogen-bond donors (Lipinski definition) is 1. The summed E-state index contributed by atoms with van der Waals surface area (Å²) >= 11 is 0. The van der Waals surface area contributed by atoms with Crippen LogP contribution < -0.4 is 24.5 Å². The second-order valence-corrected chi connectivity index (χ2v) is 8.22. The zero-order valence-electron chi connectivity index (χ0n) is 20.5. The van der Waals surface area contributed by atoms with Gasteiger partial charge in [0.05, 0.1) is 40.3 Å². The molecular weight excluding hydrogens is 444 g/mol. The monoisotopic (exact) mass is 476 g/mol. The minimum Gasteiger partial charge on any atom is -0.493 e. The van der Waals surface area contributed by atoms with Gasteiger partial charge in [0.15, 0.2) is 17.3 Å². The van der Waals surface area contributed by atoms with Crippen LogP contribution >= 0.6 is 0 Å². The molecule has 0 bridgehead atoms. The van der Waals surface area contributed by atoms with Gasteiger partial charge in [-0.1, -0.05) is 35.9 Å². The van der Waals surface area contributed by atoms with Gasteiger partial charge in [-0.15, -0.1) is 0 Å². The lowest BCUT2D eigenvalue weighted by molar-refractivity contribution is 0.122. The lowest BCUT2D eigenvalue weighted by atomic mass is 10.1. The molecule has 0 saturated carbocycles.